The molecule has 2 aliphatic rings. The van der Waals surface area contributed by atoms with Crippen molar-refractivity contribution in [1.29, 1.82) is 0 Å². The fourth-order valence-electron chi connectivity index (χ4n) is 3.10. The van der Waals surface area contributed by atoms with E-state index in [4.69, 9.17) is 10.5 Å². The number of amides is 1. The Balaban J connectivity index is 0.00000264. The molecule has 0 spiro atoms. The van der Waals surface area contributed by atoms with Gasteiger partial charge in [0, 0.05) is 38.7 Å². The van der Waals surface area contributed by atoms with Gasteiger partial charge in [0.2, 0.25) is 15.9 Å². The van der Waals surface area contributed by atoms with Crippen LogP contribution in [0.2, 0.25) is 0 Å². The monoisotopic (exact) mass is 369 g/mol. The van der Waals surface area contributed by atoms with Gasteiger partial charge in [0.05, 0.1) is 12.4 Å². The van der Waals surface area contributed by atoms with Crippen LogP contribution in [0.3, 0.4) is 0 Å². The molecule has 0 saturated carbocycles. The molecule has 7 nitrogen and oxygen atoms in total. The summed E-state index contributed by atoms with van der Waals surface area (Å²) in [5.41, 5.74) is 5.35. The van der Waals surface area contributed by atoms with Crippen molar-refractivity contribution >= 4 is 28.3 Å². The topological polar surface area (TPSA) is 102 Å². The van der Waals surface area contributed by atoms with Gasteiger partial charge in [0.15, 0.2) is 0 Å². The molecule has 2 saturated heterocycles. The predicted molar refractivity (Wildman–Crippen MR) is 91.0 cm³/mol. The largest absolute Gasteiger partial charge is 0.381 e. The third-order valence-corrected chi connectivity index (χ3v) is 6.39. The zero-order chi connectivity index (χ0) is 16.0. The quantitative estimate of drug-likeness (QED) is 0.662. The molecule has 2 unspecified atom stereocenters. The summed E-state index contributed by atoms with van der Waals surface area (Å²) >= 11 is 0. The number of nitrogens with one attached hydrogen (secondary N) is 1. The van der Waals surface area contributed by atoms with Gasteiger partial charge in [-0.3, -0.25) is 4.79 Å². The number of piperidine rings is 1. The Morgan fingerprint density at radius 1 is 1.30 bits per heavy atom. The van der Waals surface area contributed by atoms with E-state index in [1.807, 2.05) is 0 Å². The van der Waals surface area contributed by atoms with E-state index in [0.29, 0.717) is 32.8 Å². The van der Waals surface area contributed by atoms with Gasteiger partial charge in [-0.25, -0.2) is 8.42 Å². The number of nitrogens with zero attached hydrogens (tertiary/aromatic N) is 1. The lowest BCUT2D eigenvalue weighted by molar-refractivity contribution is -0.121. The van der Waals surface area contributed by atoms with Crippen LogP contribution in [-0.4, -0.2) is 63.3 Å². The van der Waals surface area contributed by atoms with E-state index < -0.39 is 10.0 Å². The zero-order valence-corrected chi connectivity index (χ0v) is 15.0. The van der Waals surface area contributed by atoms with Crippen molar-refractivity contribution in [3.8, 4) is 0 Å². The molecule has 1 amide bonds. The second-order valence-corrected chi connectivity index (χ2v) is 8.08. The number of carbonyl (C=O) groups is 1. The van der Waals surface area contributed by atoms with E-state index >= 15 is 0 Å². The molecule has 0 aliphatic carbocycles. The number of ether oxygens (including phenoxy) is 1. The van der Waals surface area contributed by atoms with Gasteiger partial charge in [-0.1, -0.05) is 6.42 Å². The summed E-state index contributed by atoms with van der Waals surface area (Å²) in [7, 11) is -3.30. The first-order chi connectivity index (χ1) is 10.5. The maximum Gasteiger partial charge on any atom is 0.221 e. The first-order valence-electron chi connectivity index (χ1n) is 8.07. The Hall–Kier alpha value is -0.410. The molecule has 0 aromatic carbocycles. The Kier molecular flexibility index (Phi) is 8.78. The van der Waals surface area contributed by atoms with E-state index in [1.54, 1.807) is 4.31 Å². The van der Waals surface area contributed by atoms with Crippen molar-refractivity contribution in [3.63, 3.8) is 0 Å². The minimum absolute atomic E-state index is 0. The number of halogens is 1. The molecule has 2 heterocycles. The second-order valence-electron chi connectivity index (χ2n) is 6.11. The molecule has 0 aromatic heterocycles. The summed E-state index contributed by atoms with van der Waals surface area (Å²) < 4.78 is 32.2. The van der Waals surface area contributed by atoms with Crippen LogP contribution in [0, 0.1) is 5.92 Å². The fourth-order valence-corrected chi connectivity index (χ4v) is 5.20. The molecule has 2 fully saturated rings. The maximum atomic E-state index is 12.7. The van der Waals surface area contributed by atoms with E-state index in [9.17, 15) is 13.2 Å². The van der Waals surface area contributed by atoms with Gasteiger partial charge < -0.3 is 15.8 Å². The van der Waals surface area contributed by atoms with Crippen LogP contribution >= 0.6 is 12.4 Å². The van der Waals surface area contributed by atoms with E-state index in [0.717, 1.165) is 25.7 Å². The van der Waals surface area contributed by atoms with Crippen LogP contribution in [0.1, 0.15) is 32.1 Å². The number of sulfonamides is 1. The molecule has 0 radical (unpaired) electrons. The molecule has 2 rings (SSSR count). The summed E-state index contributed by atoms with van der Waals surface area (Å²) in [6.45, 7) is 2.41. The van der Waals surface area contributed by atoms with Crippen LogP contribution in [0.25, 0.3) is 0 Å². The lowest BCUT2D eigenvalue weighted by atomic mass is 10.1. The molecule has 23 heavy (non-hydrogen) atoms. The molecule has 2 aliphatic heterocycles. The molecule has 2 atom stereocenters. The highest BCUT2D eigenvalue weighted by Crippen LogP contribution is 2.24. The van der Waals surface area contributed by atoms with Crippen molar-refractivity contribution < 1.29 is 17.9 Å². The molecule has 9 heteroatoms. The lowest BCUT2D eigenvalue weighted by Crippen LogP contribution is -2.50. The fraction of sp³-hybridized carbons (Fsp3) is 0.929. The summed E-state index contributed by atoms with van der Waals surface area (Å²) in [6, 6.07) is -0.136. The SMILES string of the molecule is Cl.NCCC(=O)NCC1CCCCN1S(=O)(=O)CC1CCOC1. The average Bonchev–Trinajstić information content (AvgIpc) is 2.98. The summed E-state index contributed by atoms with van der Waals surface area (Å²) in [5.74, 6) is 0.134. The second kappa shape index (κ2) is 9.78. The Morgan fingerprint density at radius 2 is 2.09 bits per heavy atom. The minimum Gasteiger partial charge on any atom is -0.381 e. The van der Waals surface area contributed by atoms with Crippen molar-refractivity contribution in [2.24, 2.45) is 11.7 Å². The first-order valence-corrected chi connectivity index (χ1v) is 9.68. The zero-order valence-electron chi connectivity index (χ0n) is 13.4. The van der Waals surface area contributed by atoms with Gasteiger partial charge >= 0.3 is 0 Å². The van der Waals surface area contributed by atoms with Crippen molar-refractivity contribution in [3.05, 3.63) is 0 Å². The molecular weight excluding hydrogens is 342 g/mol. The van der Waals surface area contributed by atoms with Gasteiger partial charge in [0.25, 0.3) is 0 Å². The Bertz CT molecular complexity index is 469. The number of nitrogens with two attached hydrogens (primary N) is 1. The predicted octanol–water partition coefficient (Wildman–Crippen LogP) is 0.0940. The summed E-state index contributed by atoms with van der Waals surface area (Å²) in [6.07, 6.45) is 3.76. The molecular formula is C14H28ClN3O4S. The summed E-state index contributed by atoms with van der Waals surface area (Å²) in [4.78, 5) is 11.5. The van der Waals surface area contributed by atoms with Gasteiger partial charge in [-0.2, -0.15) is 4.31 Å². The summed E-state index contributed by atoms with van der Waals surface area (Å²) in [5, 5.41) is 2.80. The normalized spacial score (nSPS) is 25.8. The van der Waals surface area contributed by atoms with Gasteiger partial charge in [-0.05, 0) is 25.2 Å². The molecule has 0 bridgehead atoms. The lowest BCUT2D eigenvalue weighted by Gasteiger charge is -2.35. The Labute approximate surface area is 144 Å². The maximum absolute atomic E-state index is 12.7. The smallest absolute Gasteiger partial charge is 0.221 e. The highest BCUT2D eigenvalue weighted by molar-refractivity contribution is 7.89. The third kappa shape index (κ3) is 6.19. The molecule has 0 aromatic rings. The van der Waals surface area contributed by atoms with E-state index in [-0.39, 0.29) is 42.4 Å². The van der Waals surface area contributed by atoms with Gasteiger partial charge in [-0.15, -0.1) is 12.4 Å². The Morgan fingerprint density at radius 3 is 2.74 bits per heavy atom. The van der Waals surface area contributed by atoms with Crippen molar-refractivity contribution in [2.45, 2.75) is 38.1 Å². The first kappa shape index (κ1) is 20.6. The van der Waals surface area contributed by atoms with Crippen LogP contribution in [0.4, 0.5) is 0 Å². The minimum atomic E-state index is -3.30. The molecule has 136 valence electrons. The molecule has 3 N–H and O–H groups in total. The third-order valence-electron chi connectivity index (χ3n) is 4.31. The van der Waals surface area contributed by atoms with Crippen LogP contribution in [0.15, 0.2) is 0 Å². The van der Waals surface area contributed by atoms with E-state index in [1.165, 1.54) is 0 Å². The highest BCUT2D eigenvalue weighted by Gasteiger charge is 2.34. The van der Waals surface area contributed by atoms with Crippen LogP contribution < -0.4 is 11.1 Å². The van der Waals surface area contributed by atoms with Crippen LogP contribution in [-0.2, 0) is 19.6 Å². The van der Waals surface area contributed by atoms with E-state index in [2.05, 4.69) is 5.32 Å². The highest BCUT2D eigenvalue weighted by atomic mass is 35.5. The number of rotatable bonds is 7. The number of hydrogen-bond acceptors (Lipinski definition) is 5. The van der Waals surface area contributed by atoms with Crippen molar-refractivity contribution in [1.82, 2.24) is 9.62 Å². The number of hydrogen-bond donors (Lipinski definition) is 2. The standard InChI is InChI=1S/C14H27N3O4S.ClH/c15-6-4-14(18)16-9-13-3-1-2-7-17(13)22(19,20)11-12-5-8-21-10-12;/h12-13H,1-11,15H2,(H,16,18);1H. The number of carbonyl (C=O) groups excluding carboxylic acids is 1. The van der Waals surface area contributed by atoms with Gasteiger partial charge in [0.1, 0.15) is 0 Å². The van der Waals surface area contributed by atoms with Crippen molar-refractivity contribution in [2.75, 3.05) is 38.6 Å². The van der Waals surface area contributed by atoms with Crippen LogP contribution in [0.5, 0.6) is 0 Å². The average molecular weight is 370 g/mol.